The summed E-state index contributed by atoms with van der Waals surface area (Å²) in [4.78, 5) is 2.44. The fourth-order valence-electron chi connectivity index (χ4n) is 8.59. The monoisotopic (exact) mass is 681 g/mol. The average Bonchev–Trinajstić information content (AvgIpc) is 3.91. The van der Waals surface area contributed by atoms with Gasteiger partial charge in [-0.05, 0) is 94.1 Å². The minimum atomic E-state index is 0.572. The lowest BCUT2D eigenvalue weighted by Crippen LogP contribution is -2.10. The minimum Gasteiger partial charge on any atom is -0.455 e. The maximum Gasteiger partial charge on any atom is 0.143 e. The van der Waals surface area contributed by atoms with E-state index in [4.69, 9.17) is 4.42 Å². The molecule has 1 saturated carbocycles. The Bertz CT molecular complexity index is 2700. The van der Waals surface area contributed by atoms with Gasteiger partial charge in [-0.25, -0.2) is 0 Å². The lowest BCUT2D eigenvalue weighted by molar-refractivity contribution is 0.670. The van der Waals surface area contributed by atoms with Crippen molar-refractivity contribution in [2.45, 2.75) is 31.6 Å². The molecular weight excluding hydrogens is 643 g/mol. The van der Waals surface area contributed by atoms with Crippen LogP contribution in [0.15, 0.2) is 186 Å². The van der Waals surface area contributed by atoms with E-state index in [1.807, 2.05) is 0 Å². The van der Waals surface area contributed by atoms with Crippen molar-refractivity contribution in [1.29, 1.82) is 0 Å². The van der Waals surface area contributed by atoms with E-state index in [2.05, 4.69) is 187 Å². The van der Waals surface area contributed by atoms with Gasteiger partial charge < -0.3 is 9.32 Å². The molecular formula is C51H39NO. The third-order valence-corrected chi connectivity index (χ3v) is 11.2. The van der Waals surface area contributed by atoms with E-state index in [-0.39, 0.29) is 0 Å². The van der Waals surface area contributed by atoms with Gasteiger partial charge >= 0.3 is 0 Å². The van der Waals surface area contributed by atoms with Gasteiger partial charge in [-0.1, -0.05) is 158 Å². The Balaban J connectivity index is 1.16. The molecule has 0 unspecified atom stereocenters. The van der Waals surface area contributed by atoms with Crippen molar-refractivity contribution in [2.24, 2.45) is 0 Å². The molecule has 1 aromatic heterocycles. The van der Waals surface area contributed by atoms with Gasteiger partial charge in [0.05, 0.1) is 5.69 Å². The number of hydrogen-bond donors (Lipinski definition) is 0. The molecule has 2 nitrogen and oxygen atoms in total. The highest BCUT2D eigenvalue weighted by Crippen LogP contribution is 2.48. The number of hydrogen-bond acceptors (Lipinski definition) is 2. The minimum absolute atomic E-state index is 0.572. The summed E-state index contributed by atoms with van der Waals surface area (Å²) < 4.78 is 6.77. The summed E-state index contributed by atoms with van der Waals surface area (Å²) in [6.07, 6.45) is 5.07. The van der Waals surface area contributed by atoms with Crippen molar-refractivity contribution >= 4 is 49.8 Å². The molecule has 0 bridgehead atoms. The SMILES string of the molecule is c1ccc(-c2ccc(-c3ccc(N(c4cccc(-c5ccccc5)c4)c4cc5c(oc6cccc(C7CCCC7)c65)c5ccccc45)cc3)cc2)cc1. The van der Waals surface area contributed by atoms with Crippen molar-refractivity contribution in [2.75, 3.05) is 4.90 Å². The first kappa shape index (κ1) is 31.4. The molecule has 254 valence electrons. The molecule has 8 aromatic carbocycles. The molecule has 0 atom stereocenters. The smallest absolute Gasteiger partial charge is 0.143 e. The van der Waals surface area contributed by atoms with Crippen LogP contribution in [0.5, 0.6) is 0 Å². The number of anilines is 3. The average molecular weight is 682 g/mol. The molecule has 0 saturated heterocycles. The molecule has 10 rings (SSSR count). The molecule has 0 aliphatic heterocycles. The van der Waals surface area contributed by atoms with Crippen LogP contribution in [0.25, 0.3) is 66.1 Å². The Morgan fingerprint density at radius 3 is 1.64 bits per heavy atom. The summed E-state index contributed by atoms with van der Waals surface area (Å²) in [5.41, 5.74) is 14.0. The second-order valence-corrected chi connectivity index (χ2v) is 14.4. The number of fused-ring (bicyclic) bond motifs is 5. The maximum atomic E-state index is 6.77. The van der Waals surface area contributed by atoms with Gasteiger partial charge in [0.15, 0.2) is 0 Å². The molecule has 1 aliphatic carbocycles. The van der Waals surface area contributed by atoms with Gasteiger partial charge in [0.1, 0.15) is 11.2 Å². The Morgan fingerprint density at radius 2 is 0.962 bits per heavy atom. The van der Waals surface area contributed by atoms with Crippen LogP contribution in [-0.2, 0) is 0 Å². The van der Waals surface area contributed by atoms with Crippen LogP contribution in [0.2, 0.25) is 0 Å². The number of nitrogens with zero attached hydrogens (tertiary/aromatic N) is 1. The molecule has 1 fully saturated rings. The molecule has 0 N–H and O–H groups in total. The van der Waals surface area contributed by atoms with Gasteiger partial charge in [-0.3, -0.25) is 0 Å². The van der Waals surface area contributed by atoms with Gasteiger partial charge in [0.2, 0.25) is 0 Å². The molecule has 0 radical (unpaired) electrons. The van der Waals surface area contributed by atoms with Crippen molar-refractivity contribution in [3.63, 3.8) is 0 Å². The van der Waals surface area contributed by atoms with E-state index in [1.54, 1.807) is 0 Å². The van der Waals surface area contributed by atoms with Crippen molar-refractivity contribution in [1.82, 2.24) is 0 Å². The van der Waals surface area contributed by atoms with Crippen molar-refractivity contribution < 1.29 is 4.42 Å². The molecule has 9 aromatic rings. The highest BCUT2D eigenvalue weighted by atomic mass is 16.3. The number of furan rings is 1. The summed E-state index contributed by atoms with van der Waals surface area (Å²) in [5.74, 6) is 0.572. The number of rotatable bonds is 7. The van der Waals surface area contributed by atoms with E-state index in [1.165, 1.54) is 75.4 Å². The fraction of sp³-hybridized carbons (Fsp3) is 0.0980. The van der Waals surface area contributed by atoms with Crippen LogP contribution in [0.4, 0.5) is 17.1 Å². The first-order chi connectivity index (χ1) is 26.3. The first-order valence-electron chi connectivity index (χ1n) is 18.9. The normalized spacial score (nSPS) is 13.3. The van der Waals surface area contributed by atoms with E-state index in [0.717, 1.165) is 39.0 Å². The summed E-state index contributed by atoms with van der Waals surface area (Å²) >= 11 is 0. The highest BCUT2D eigenvalue weighted by molar-refractivity contribution is 6.20. The van der Waals surface area contributed by atoms with Crippen LogP contribution < -0.4 is 4.90 Å². The van der Waals surface area contributed by atoms with Gasteiger partial charge in [-0.2, -0.15) is 0 Å². The summed E-state index contributed by atoms with van der Waals surface area (Å²) in [6, 6.07) is 65.9. The van der Waals surface area contributed by atoms with Gasteiger partial charge in [0.25, 0.3) is 0 Å². The lowest BCUT2D eigenvalue weighted by Gasteiger charge is -2.28. The zero-order chi connectivity index (χ0) is 35.1. The predicted molar refractivity (Wildman–Crippen MR) is 223 cm³/mol. The lowest BCUT2D eigenvalue weighted by atomic mass is 9.92. The third kappa shape index (κ3) is 5.68. The zero-order valence-corrected chi connectivity index (χ0v) is 29.6. The molecule has 53 heavy (non-hydrogen) atoms. The van der Waals surface area contributed by atoms with Gasteiger partial charge in [-0.15, -0.1) is 0 Å². The Morgan fingerprint density at radius 1 is 0.415 bits per heavy atom. The van der Waals surface area contributed by atoms with Crippen LogP contribution in [0.1, 0.15) is 37.2 Å². The fourth-order valence-corrected chi connectivity index (χ4v) is 8.59. The van der Waals surface area contributed by atoms with E-state index in [0.29, 0.717) is 5.92 Å². The first-order valence-corrected chi connectivity index (χ1v) is 18.9. The second kappa shape index (κ2) is 13.3. The molecule has 0 amide bonds. The Hall–Kier alpha value is -6.38. The molecule has 1 aliphatic rings. The largest absolute Gasteiger partial charge is 0.455 e. The summed E-state index contributed by atoms with van der Waals surface area (Å²) in [7, 11) is 0. The molecule has 2 heteroatoms. The quantitative estimate of drug-likeness (QED) is 0.166. The molecule has 0 spiro atoms. The van der Waals surface area contributed by atoms with Crippen LogP contribution >= 0.6 is 0 Å². The summed E-state index contributed by atoms with van der Waals surface area (Å²) in [6.45, 7) is 0. The van der Waals surface area contributed by atoms with Crippen molar-refractivity contribution in [3.8, 4) is 33.4 Å². The van der Waals surface area contributed by atoms with E-state index < -0.39 is 0 Å². The van der Waals surface area contributed by atoms with E-state index in [9.17, 15) is 0 Å². The number of benzene rings is 8. The van der Waals surface area contributed by atoms with E-state index >= 15 is 0 Å². The standard InChI is InChI=1S/C51H39NO/c1-3-13-35(14-4-1)37-25-27-38(28-26-37)39-29-31-42(32-30-39)52(43-20-11-19-41(33-43)36-15-5-2-6-16-36)48-34-47-50-44(40-17-7-8-18-40)23-12-24-49(50)53-51(47)46-22-10-9-21-45(46)48/h1-6,9-16,19-34,40H,7-8,17-18H2. The Kier molecular flexibility index (Phi) is 7.87. The summed E-state index contributed by atoms with van der Waals surface area (Å²) in [5, 5.41) is 4.75. The Labute approximate surface area is 310 Å². The predicted octanol–water partition coefficient (Wildman–Crippen LogP) is 14.9. The van der Waals surface area contributed by atoms with Crippen LogP contribution in [-0.4, -0.2) is 0 Å². The molecule has 1 heterocycles. The van der Waals surface area contributed by atoms with Crippen LogP contribution in [0.3, 0.4) is 0 Å². The highest BCUT2D eigenvalue weighted by Gasteiger charge is 2.25. The van der Waals surface area contributed by atoms with Crippen LogP contribution in [0, 0.1) is 0 Å². The van der Waals surface area contributed by atoms with Crippen molar-refractivity contribution in [3.05, 3.63) is 188 Å². The topological polar surface area (TPSA) is 16.4 Å². The maximum absolute atomic E-state index is 6.77. The second-order valence-electron chi connectivity index (χ2n) is 14.4. The zero-order valence-electron chi connectivity index (χ0n) is 29.6. The third-order valence-electron chi connectivity index (χ3n) is 11.2. The van der Waals surface area contributed by atoms with Gasteiger partial charge in [0, 0.05) is 32.9 Å².